The van der Waals surface area contributed by atoms with Gasteiger partial charge in [0.1, 0.15) is 11.9 Å². The summed E-state index contributed by atoms with van der Waals surface area (Å²) in [5, 5.41) is 7.72. The normalized spacial score (nSPS) is 19.2. The molecular weight excluding hydrogens is 655 g/mol. The quantitative estimate of drug-likeness (QED) is 0.234. The van der Waals surface area contributed by atoms with Crippen LogP contribution in [0.2, 0.25) is 5.02 Å². The van der Waals surface area contributed by atoms with Gasteiger partial charge in [-0.05, 0) is 70.6 Å². The highest BCUT2D eigenvalue weighted by Crippen LogP contribution is 2.42. The van der Waals surface area contributed by atoms with Crippen molar-refractivity contribution in [3.05, 3.63) is 52.8 Å². The number of aromatic nitrogens is 4. The Labute approximate surface area is 281 Å². The molecule has 48 heavy (non-hydrogen) atoms. The summed E-state index contributed by atoms with van der Waals surface area (Å²) in [5.74, 6) is -1.24. The van der Waals surface area contributed by atoms with Crippen molar-refractivity contribution in [2.75, 3.05) is 30.3 Å². The molecule has 260 valence electrons. The summed E-state index contributed by atoms with van der Waals surface area (Å²) in [4.78, 5) is 35.1. The lowest BCUT2D eigenvalue weighted by molar-refractivity contribution is -0.198. The average Bonchev–Trinajstić information content (AvgIpc) is 3.61. The maximum Gasteiger partial charge on any atom is 0.429 e. The van der Waals surface area contributed by atoms with Crippen molar-refractivity contribution >= 4 is 35.3 Å². The van der Waals surface area contributed by atoms with E-state index < -0.39 is 42.0 Å². The molecular formula is C32H39ClF3N7O5. The van der Waals surface area contributed by atoms with Gasteiger partial charge in [-0.25, -0.2) is 4.68 Å². The number of nitrogens with two attached hydrogens (primary N) is 1. The Bertz CT molecular complexity index is 1650. The van der Waals surface area contributed by atoms with Crippen molar-refractivity contribution in [1.29, 1.82) is 0 Å². The first-order valence-electron chi connectivity index (χ1n) is 15.5. The van der Waals surface area contributed by atoms with Crippen LogP contribution >= 0.6 is 11.6 Å². The van der Waals surface area contributed by atoms with E-state index >= 15 is 0 Å². The summed E-state index contributed by atoms with van der Waals surface area (Å²) < 4.78 is 61.1. The van der Waals surface area contributed by atoms with Gasteiger partial charge in [-0.15, -0.1) is 0 Å². The highest BCUT2D eigenvalue weighted by molar-refractivity contribution is 6.30. The SMILES string of the molecule is Cc1ccn(-c2cc(Cl)ccc2[C@@H](Oc2cc(N3CCC4(CC3)CNC(C(=O)O[C@@H](C)OC(=O)C(C)(C)C)C4)nc(N)n2)C(F)(F)F)n1. The molecule has 0 aliphatic carbocycles. The van der Waals surface area contributed by atoms with Crippen molar-refractivity contribution in [1.82, 2.24) is 25.1 Å². The maximum atomic E-state index is 14.5. The number of hydrogen-bond acceptors (Lipinski definition) is 11. The molecule has 2 aliphatic rings. The van der Waals surface area contributed by atoms with Crippen LogP contribution in [0, 0.1) is 17.8 Å². The largest absolute Gasteiger partial charge is 0.459 e. The molecule has 1 aromatic carbocycles. The number of carbonyl (C=O) groups excluding carboxylic acids is 2. The minimum absolute atomic E-state index is 0.106. The van der Waals surface area contributed by atoms with Crippen LogP contribution in [0.15, 0.2) is 36.5 Å². The van der Waals surface area contributed by atoms with E-state index in [1.54, 1.807) is 33.8 Å². The molecule has 1 spiro atoms. The molecule has 12 nitrogen and oxygen atoms in total. The topological polar surface area (TPSA) is 147 Å². The number of nitrogens with zero attached hydrogens (tertiary/aromatic N) is 5. The van der Waals surface area contributed by atoms with Gasteiger partial charge in [0.25, 0.3) is 0 Å². The van der Waals surface area contributed by atoms with Gasteiger partial charge in [-0.2, -0.15) is 28.2 Å². The number of alkyl halides is 3. The monoisotopic (exact) mass is 693 g/mol. The molecule has 3 aromatic rings. The fourth-order valence-electron chi connectivity index (χ4n) is 5.84. The number of piperidine rings is 1. The van der Waals surface area contributed by atoms with Gasteiger partial charge in [0.2, 0.25) is 24.2 Å². The molecule has 0 amide bonds. The third kappa shape index (κ3) is 8.12. The van der Waals surface area contributed by atoms with E-state index in [9.17, 15) is 22.8 Å². The third-order valence-corrected chi connectivity index (χ3v) is 8.68. The fraction of sp³-hybridized carbons (Fsp3) is 0.531. The second kappa shape index (κ2) is 13.4. The lowest BCUT2D eigenvalue weighted by Gasteiger charge is -2.39. The van der Waals surface area contributed by atoms with Crippen molar-refractivity contribution < 1.29 is 37.0 Å². The van der Waals surface area contributed by atoms with E-state index in [0.717, 1.165) is 0 Å². The Kier molecular flexibility index (Phi) is 9.84. The van der Waals surface area contributed by atoms with Crippen LogP contribution < -0.4 is 20.7 Å². The van der Waals surface area contributed by atoms with E-state index in [4.69, 9.17) is 31.5 Å². The maximum absolute atomic E-state index is 14.5. The van der Waals surface area contributed by atoms with Crippen molar-refractivity contribution in [3.63, 3.8) is 0 Å². The van der Waals surface area contributed by atoms with Crippen LogP contribution in [-0.4, -0.2) is 69.8 Å². The molecule has 4 heterocycles. The molecule has 0 saturated carbocycles. The summed E-state index contributed by atoms with van der Waals surface area (Å²) in [6.07, 6.45) is -4.88. The van der Waals surface area contributed by atoms with Crippen LogP contribution in [0.3, 0.4) is 0 Å². The summed E-state index contributed by atoms with van der Waals surface area (Å²) in [6, 6.07) is 6.43. The molecule has 16 heteroatoms. The van der Waals surface area contributed by atoms with Gasteiger partial charge in [0.15, 0.2) is 0 Å². The van der Waals surface area contributed by atoms with Gasteiger partial charge in [-0.3, -0.25) is 9.59 Å². The predicted molar refractivity (Wildman–Crippen MR) is 171 cm³/mol. The minimum Gasteiger partial charge on any atom is -0.459 e. The number of carbonyl (C=O) groups is 2. The van der Waals surface area contributed by atoms with Gasteiger partial charge in [0, 0.05) is 49.4 Å². The number of anilines is 2. The number of rotatable bonds is 8. The van der Waals surface area contributed by atoms with E-state index in [0.29, 0.717) is 50.4 Å². The van der Waals surface area contributed by atoms with Crippen LogP contribution in [0.4, 0.5) is 24.9 Å². The van der Waals surface area contributed by atoms with E-state index in [1.807, 2.05) is 4.90 Å². The Morgan fingerprint density at radius 2 is 1.81 bits per heavy atom. The standard InChI is InChI=1S/C32H39ClF3N7O5/c1-18-8-11-43(41-18)23-14-20(33)6-7-21(23)26(32(34,35)36)48-25-15-24(39-29(37)40-25)42-12-9-31(10-13-42)16-22(38-17-31)27(44)46-19(2)47-28(45)30(3,4)5/h6-8,11,14-15,19,22,26,38H,9-10,12-13,16-17H2,1-5H3,(H2,37,39,40)/t19-,22?,26-/m1/s1. The lowest BCUT2D eigenvalue weighted by atomic mass is 9.76. The molecule has 2 aromatic heterocycles. The van der Waals surface area contributed by atoms with Crippen LogP contribution in [-0.2, 0) is 19.1 Å². The van der Waals surface area contributed by atoms with Crippen LogP contribution in [0.1, 0.15) is 64.3 Å². The smallest absolute Gasteiger partial charge is 0.429 e. The Hall–Kier alpha value is -4.11. The lowest BCUT2D eigenvalue weighted by Crippen LogP contribution is -2.41. The summed E-state index contributed by atoms with van der Waals surface area (Å²) >= 11 is 6.15. The number of nitrogens with one attached hydrogen (secondary N) is 1. The Balaban J connectivity index is 1.26. The number of halogens is 4. The van der Waals surface area contributed by atoms with E-state index in [1.165, 1.54) is 42.1 Å². The summed E-state index contributed by atoms with van der Waals surface area (Å²) in [5.41, 5.74) is 5.53. The molecule has 2 aliphatic heterocycles. The van der Waals surface area contributed by atoms with Gasteiger partial charge >= 0.3 is 18.1 Å². The second-order valence-corrected chi connectivity index (χ2v) is 13.8. The zero-order valence-corrected chi connectivity index (χ0v) is 28.1. The minimum atomic E-state index is -4.83. The summed E-state index contributed by atoms with van der Waals surface area (Å²) in [7, 11) is 0. The number of nitrogen functional groups attached to an aromatic ring is 1. The zero-order valence-electron chi connectivity index (χ0n) is 27.3. The molecule has 0 bridgehead atoms. The average molecular weight is 694 g/mol. The van der Waals surface area contributed by atoms with Gasteiger partial charge in [-0.1, -0.05) is 17.7 Å². The number of benzene rings is 1. The van der Waals surface area contributed by atoms with Crippen molar-refractivity contribution in [2.24, 2.45) is 10.8 Å². The zero-order chi connectivity index (χ0) is 35.0. The molecule has 2 fully saturated rings. The van der Waals surface area contributed by atoms with Crippen LogP contribution in [0.25, 0.3) is 5.69 Å². The van der Waals surface area contributed by atoms with Crippen molar-refractivity contribution in [3.8, 4) is 11.6 Å². The first kappa shape index (κ1) is 35.2. The predicted octanol–water partition coefficient (Wildman–Crippen LogP) is 5.32. The highest BCUT2D eigenvalue weighted by atomic mass is 35.5. The number of aryl methyl sites for hydroxylation is 1. The summed E-state index contributed by atoms with van der Waals surface area (Å²) in [6.45, 7) is 9.93. The molecule has 2 saturated heterocycles. The number of ether oxygens (including phenoxy) is 3. The third-order valence-electron chi connectivity index (χ3n) is 8.45. The van der Waals surface area contributed by atoms with Gasteiger partial charge < -0.3 is 30.2 Å². The molecule has 1 unspecified atom stereocenters. The molecule has 3 atom stereocenters. The first-order chi connectivity index (χ1) is 22.4. The van der Waals surface area contributed by atoms with Crippen LogP contribution in [0.5, 0.6) is 5.88 Å². The van der Waals surface area contributed by atoms with Gasteiger partial charge in [0.05, 0.1) is 16.8 Å². The Morgan fingerprint density at radius 3 is 2.44 bits per heavy atom. The first-order valence-corrected chi connectivity index (χ1v) is 15.9. The molecule has 3 N–H and O–H groups in total. The number of esters is 2. The fourth-order valence-corrected chi connectivity index (χ4v) is 6.00. The Morgan fingerprint density at radius 1 is 1.10 bits per heavy atom. The molecule has 5 rings (SSSR count). The number of hydrogen-bond donors (Lipinski definition) is 2. The molecule has 0 radical (unpaired) electrons. The van der Waals surface area contributed by atoms with E-state index in [-0.39, 0.29) is 33.5 Å². The second-order valence-electron chi connectivity index (χ2n) is 13.4. The highest BCUT2D eigenvalue weighted by Gasteiger charge is 2.46. The van der Waals surface area contributed by atoms with Crippen molar-refractivity contribution in [2.45, 2.75) is 78.5 Å². The van der Waals surface area contributed by atoms with E-state index in [2.05, 4.69) is 20.4 Å².